The number of hydrogen-bond acceptors (Lipinski definition) is 5. The van der Waals surface area contributed by atoms with Gasteiger partial charge in [0.25, 0.3) is 5.91 Å². The van der Waals surface area contributed by atoms with Crippen molar-refractivity contribution in [1.29, 1.82) is 0 Å². The summed E-state index contributed by atoms with van der Waals surface area (Å²) in [6.07, 6.45) is 4.94. The van der Waals surface area contributed by atoms with E-state index >= 15 is 0 Å². The monoisotopic (exact) mass is 379 g/mol. The number of rotatable bonds is 6. The maximum absolute atomic E-state index is 12.3. The lowest BCUT2D eigenvalue weighted by molar-refractivity contribution is 0.0538. The van der Waals surface area contributed by atoms with E-state index in [1.807, 2.05) is 18.3 Å². The molecule has 28 heavy (non-hydrogen) atoms. The number of aromatic nitrogens is 3. The maximum Gasteiger partial charge on any atom is 0.355 e. The average molecular weight is 379 g/mol. The molecule has 0 radical (unpaired) electrons. The van der Waals surface area contributed by atoms with Gasteiger partial charge in [-0.2, -0.15) is 0 Å². The van der Waals surface area contributed by atoms with E-state index in [0.717, 1.165) is 11.1 Å². The van der Waals surface area contributed by atoms with E-state index in [1.54, 1.807) is 47.6 Å². The van der Waals surface area contributed by atoms with Gasteiger partial charge in [0.1, 0.15) is 18.1 Å². The van der Waals surface area contributed by atoms with Gasteiger partial charge in [-0.25, -0.2) is 9.78 Å². The molecule has 3 rings (SSSR count). The number of nitrogens with two attached hydrogens (primary N) is 1. The summed E-state index contributed by atoms with van der Waals surface area (Å²) in [5, 5.41) is 2.78. The van der Waals surface area contributed by atoms with Crippen LogP contribution in [0.25, 0.3) is 11.1 Å². The van der Waals surface area contributed by atoms with Crippen LogP contribution in [0.4, 0.5) is 11.5 Å². The highest BCUT2D eigenvalue weighted by molar-refractivity contribution is 6.02. The van der Waals surface area contributed by atoms with Crippen molar-refractivity contribution in [3.8, 4) is 11.1 Å². The molecule has 8 nitrogen and oxygen atoms in total. The maximum atomic E-state index is 12.3. The summed E-state index contributed by atoms with van der Waals surface area (Å²) < 4.78 is 8.36. The van der Waals surface area contributed by atoms with Gasteiger partial charge in [-0.15, -0.1) is 0 Å². The van der Waals surface area contributed by atoms with Crippen molar-refractivity contribution >= 4 is 23.4 Å². The standard InChI is InChI=1S/C20H21N5O3/c1-4-9-28-20(27)16-10-14(11-24(16)2)13-5-7-15(8-6-13)22-19(26)18-23-17(21)12-25(18)3/h4-8,10-12H,1,9,21H2,2-3H3,(H,22,26). The third-order valence-corrected chi connectivity index (χ3v) is 4.12. The molecule has 0 aliphatic rings. The molecule has 0 spiro atoms. The van der Waals surface area contributed by atoms with Crippen molar-refractivity contribution < 1.29 is 14.3 Å². The van der Waals surface area contributed by atoms with Crippen LogP contribution >= 0.6 is 0 Å². The van der Waals surface area contributed by atoms with E-state index in [4.69, 9.17) is 10.5 Å². The van der Waals surface area contributed by atoms with Crippen molar-refractivity contribution in [2.45, 2.75) is 0 Å². The smallest absolute Gasteiger partial charge is 0.355 e. The summed E-state index contributed by atoms with van der Waals surface area (Å²) in [5.74, 6) is -0.243. The second-order valence-electron chi connectivity index (χ2n) is 6.24. The van der Waals surface area contributed by atoms with Gasteiger partial charge in [0.15, 0.2) is 0 Å². The van der Waals surface area contributed by atoms with Crippen molar-refractivity contribution in [3.05, 3.63) is 66.9 Å². The largest absolute Gasteiger partial charge is 0.457 e. The number of carbonyl (C=O) groups is 2. The topological polar surface area (TPSA) is 104 Å². The second-order valence-corrected chi connectivity index (χ2v) is 6.24. The van der Waals surface area contributed by atoms with Crippen molar-refractivity contribution in [3.63, 3.8) is 0 Å². The molecule has 2 heterocycles. The molecule has 0 atom stereocenters. The second kappa shape index (κ2) is 7.83. The summed E-state index contributed by atoms with van der Waals surface area (Å²) in [6.45, 7) is 3.69. The van der Waals surface area contributed by atoms with Crippen LogP contribution in [0, 0.1) is 0 Å². The quantitative estimate of drug-likeness (QED) is 0.506. The predicted octanol–water partition coefficient (Wildman–Crippen LogP) is 2.60. The van der Waals surface area contributed by atoms with E-state index in [1.165, 1.54) is 6.08 Å². The molecule has 1 amide bonds. The van der Waals surface area contributed by atoms with Crippen LogP contribution < -0.4 is 11.1 Å². The minimum atomic E-state index is -0.410. The third-order valence-electron chi connectivity index (χ3n) is 4.12. The molecule has 8 heteroatoms. The van der Waals surface area contributed by atoms with Gasteiger partial charge in [0, 0.05) is 37.7 Å². The first-order valence-corrected chi connectivity index (χ1v) is 8.54. The summed E-state index contributed by atoms with van der Waals surface area (Å²) in [5.41, 5.74) is 8.44. The number of benzene rings is 1. The lowest BCUT2D eigenvalue weighted by atomic mass is 10.1. The first kappa shape index (κ1) is 19.0. The minimum Gasteiger partial charge on any atom is -0.457 e. The highest BCUT2D eigenvalue weighted by atomic mass is 16.5. The lowest BCUT2D eigenvalue weighted by Gasteiger charge is -2.06. The summed E-state index contributed by atoms with van der Waals surface area (Å²) >= 11 is 0. The molecular formula is C20H21N5O3. The Morgan fingerprint density at radius 1 is 1.18 bits per heavy atom. The number of aryl methyl sites for hydroxylation is 2. The summed E-state index contributed by atoms with van der Waals surface area (Å²) in [4.78, 5) is 28.4. The number of nitrogen functional groups attached to an aromatic ring is 1. The third kappa shape index (κ3) is 3.96. The molecule has 0 unspecified atom stereocenters. The summed E-state index contributed by atoms with van der Waals surface area (Å²) in [7, 11) is 3.48. The average Bonchev–Trinajstić information content (AvgIpc) is 3.22. The molecule has 0 bridgehead atoms. The Balaban J connectivity index is 1.74. The van der Waals surface area contributed by atoms with Gasteiger partial charge >= 0.3 is 5.97 Å². The predicted molar refractivity (Wildman–Crippen MR) is 107 cm³/mol. The Morgan fingerprint density at radius 3 is 2.50 bits per heavy atom. The zero-order chi connectivity index (χ0) is 20.3. The molecule has 2 aromatic heterocycles. The van der Waals surface area contributed by atoms with Gasteiger partial charge in [0.05, 0.1) is 0 Å². The number of esters is 1. The number of anilines is 2. The number of carbonyl (C=O) groups excluding carboxylic acids is 2. The van der Waals surface area contributed by atoms with E-state index in [0.29, 0.717) is 11.4 Å². The number of nitrogens with one attached hydrogen (secondary N) is 1. The minimum absolute atomic E-state index is 0.162. The molecule has 0 aliphatic heterocycles. The molecule has 0 saturated heterocycles. The molecule has 3 N–H and O–H groups in total. The molecule has 3 aromatic rings. The van der Waals surface area contributed by atoms with Gasteiger partial charge in [-0.1, -0.05) is 24.8 Å². The van der Waals surface area contributed by atoms with Gasteiger partial charge in [-0.05, 0) is 23.8 Å². The number of imidazole rings is 1. The fourth-order valence-electron chi connectivity index (χ4n) is 2.77. The van der Waals surface area contributed by atoms with Crippen LogP contribution in [0.2, 0.25) is 0 Å². The zero-order valence-electron chi connectivity index (χ0n) is 15.7. The van der Waals surface area contributed by atoms with Crippen LogP contribution in [0.1, 0.15) is 21.1 Å². The van der Waals surface area contributed by atoms with Gasteiger partial charge in [0.2, 0.25) is 5.82 Å². The number of ether oxygens (including phenoxy) is 1. The Hall–Kier alpha value is -3.81. The molecule has 1 aromatic carbocycles. The molecular weight excluding hydrogens is 358 g/mol. The Bertz CT molecular complexity index is 1030. The van der Waals surface area contributed by atoms with Gasteiger partial charge in [-0.3, -0.25) is 4.79 Å². The molecule has 0 saturated carbocycles. The molecule has 144 valence electrons. The van der Waals surface area contributed by atoms with Crippen molar-refractivity contribution in [2.24, 2.45) is 14.1 Å². The highest BCUT2D eigenvalue weighted by Gasteiger charge is 2.15. The number of hydrogen-bond donors (Lipinski definition) is 2. The lowest BCUT2D eigenvalue weighted by Crippen LogP contribution is -2.16. The van der Waals surface area contributed by atoms with E-state index in [9.17, 15) is 9.59 Å². The Labute approximate surface area is 162 Å². The Morgan fingerprint density at radius 2 is 1.89 bits per heavy atom. The SMILES string of the molecule is C=CCOC(=O)c1cc(-c2ccc(NC(=O)c3nc(N)cn3C)cc2)cn1C. The molecule has 0 aliphatic carbocycles. The van der Waals surface area contributed by atoms with Crippen LogP contribution in [0.3, 0.4) is 0 Å². The van der Waals surface area contributed by atoms with Crippen molar-refractivity contribution in [2.75, 3.05) is 17.7 Å². The van der Waals surface area contributed by atoms with E-state index in [2.05, 4.69) is 16.9 Å². The number of nitrogens with zero attached hydrogens (tertiary/aromatic N) is 3. The first-order chi connectivity index (χ1) is 13.4. The number of amides is 1. The first-order valence-electron chi connectivity index (χ1n) is 8.54. The van der Waals surface area contributed by atoms with Crippen LogP contribution in [0.15, 0.2) is 55.4 Å². The van der Waals surface area contributed by atoms with E-state index in [-0.39, 0.29) is 24.2 Å². The summed E-state index contributed by atoms with van der Waals surface area (Å²) in [6, 6.07) is 9.04. The van der Waals surface area contributed by atoms with Crippen LogP contribution in [-0.4, -0.2) is 32.6 Å². The van der Waals surface area contributed by atoms with Crippen LogP contribution in [0.5, 0.6) is 0 Å². The molecule has 0 fully saturated rings. The van der Waals surface area contributed by atoms with Gasteiger partial charge < -0.3 is 24.9 Å². The highest BCUT2D eigenvalue weighted by Crippen LogP contribution is 2.24. The van der Waals surface area contributed by atoms with Crippen molar-refractivity contribution in [1.82, 2.24) is 14.1 Å². The normalized spacial score (nSPS) is 10.5. The van der Waals surface area contributed by atoms with E-state index < -0.39 is 5.97 Å². The van der Waals surface area contributed by atoms with Crippen LogP contribution in [-0.2, 0) is 18.8 Å². The fraction of sp³-hybridized carbons (Fsp3) is 0.150. The zero-order valence-corrected chi connectivity index (χ0v) is 15.7. The Kier molecular flexibility index (Phi) is 5.30. The fourth-order valence-corrected chi connectivity index (χ4v) is 2.77.